The summed E-state index contributed by atoms with van der Waals surface area (Å²) in [6, 6.07) is 6.43. The third kappa shape index (κ3) is 3.54. The highest BCUT2D eigenvalue weighted by atomic mass is 16.3. The predicted molar refractivity (Wildman–Crippen MR) is 83.5 cm³/mol. The van der Waals surface area contributed by atoms with Crippen LogP contribution in [-0.4, -0.2) is 11.0 Å². The van der Waals surface area contributed by atoms with Crippen LogP contribution in [0.4, 0.5) is 0 Å². The fourth-order valence-corrected chi connectivity index (χ4v) is 2.16. The van der Waals surface area contributed by atoms with Gasteiger partial charge < -0.3 is 5.11 Å². The first-order valence-corrected chi connectivity index (χ1v) is 6.87. The Morgan fingerprint density at radius 1 is 1.38 bits per heavy atom. The number of phenolic OH excluding ortho intramolecular Hbond substituents is 1. The fourth-order valence-electron chi connectivity index (χ4n) is 2.16. The van der Waals surface area contributed by atoms with Gasteiger partial charge in [0.2, 0.25) is 0 Å². The van der Waals surface area contributed by atoms with Gasteiger partial charge in [-0.15, -0.1) is 0 Å². The van der Waals surface area contributed by atoms with Gasteiger partial charge in [0.15, 0.2) is 0 Å². The van der Waals surface area contributed by atoms with E-state index in [1.807, 2.05) is 13.8 Å². The molecule has 0 radical (unpaired) electrons. The topological polar surface area (TPSA) is 61.4 Å². The molecule has 0 saturated heterocycles. The molecule has 1 unspecified atom stereocenters. The number of amides is 1. The summed E-state index contributed by atoms with van der Waals surface area (Å²) in [5.74, 6) is -0.140. The van der Waals surface area contributed by atoms with E-state index in [0.29, 0.717) is 0 Å². The number of hydrogen-bond acceptors (Lipinski definition) is 3. The summed E-state index contributed by atoms with van der Waals surface area (Å²) < 4.78 is 0. The van der Waals surface area contributed by atoms with Gasteiger partial charge in [0, 0.05) is 5.92 Å². The molecular weight excluding hydrogens is 264 g/mol. The number of benzene rings is 1. The highest BCUT2D eigenvalue weighted by Gasteiger charge is 2.15. The van der Waals surface area contributed by atoms with Gasteiger partial charge in [-0.3, -0.25) is 15.6 Å². The molecule has 4 nitrogen and oxygen atoms in total. The van der Waals surface area contributed by atoms with Crippen molar-refractivity contribution in [3.8, 4) is 5.75 Å². The summed E-state index contributed by atoms with van der Waals surface area (Å²) in [5.41, 5.74) is 8.79. The molecule has 0 saturated carbocycles. The van der Waals surface area contributed by atoms with Gasteiger partial charge >= 0.3 is 0 Å². The predicted octanol–water partition coefficient (Wildman–Crippen LogP) is 3.05. The molecular formula is C17H20N2O2. The Morgan fingerprint density at radius 3 is 2.76 bits per heavy atom. The summed E-state index contributed by atoms with van der Waals surface area (Å²) in [7, 11) is 0. The van der Waals surface area contributed by atoms with Gasteiger partial charge in [0.05, 0.1) is 11.3 Å². The first-order valence-electron chi connectivity index (χ1n) is 6.87. The number of nitrogens with one attached hydrogen (secondary N) is 2. The molecule has 2 rings (SSSR count). The molecule has 1 atom stereocenters. The van der Waals surface area contributed by atoms with Crippen molar-refractivity contribution in [3.63, 3.8) is 0 Å². The molecule has 0 heterocycles. The van der Waals surface area contributed by atoms with Crippen LogP contribution in [-0.2, 0) is 0 Å². The average Bonchev–Trinajstić information content (AvgIpc) is 2.46. The van der Waals surface area contributed by atoms with E-state index < -0.39 is 0 Å². The van der Waals surface area contributed by atoms with Gasteiger partial charge in [-0.1, -0.05) is 36.4 Å². The van der Waals surface area contributed by atoms with Crippen LogP contribution in [0.25, 0.3) is 0 Å². The summed E-state index contributed by atoms with van der Waals surface area (Å²) >= 11 is 0. The Morgan fingerprint density at radius 2 is 2.10 bits per heavy atom. The monoisotopic (exact) mass is 284 g/mol. The number of hydrazine groups is 1. The third-order valence-corrected chi connectivity index (χ3v) is 3.56. The standard InChI is InChI=1S/C17H20N2O2/c1-11(2)13-9-8-12(3)15(10-13)18-19-17(21)14-6-4-5-7-16(14)20/h4-8,10,13,18,20H,1,9H2,2-3H3,(H,19,21). The largest absolute Gasteiger partial charge is 0.507 e. The molecule has 0 fully saturated rings. The molecule has 1 amide bonds. The second-order valence-electron chi connectivity index (χ2n) is 5.25. The van der Waals surface area contributed by atoms with Crippen molar-refractivity contribution < 1.29 is 9.90 Å². The second-order valence-corrected chi connectivity index (χ2v) is 5.25. The maximum absolute atomic E-state index is 12.0. The zero-order valence-corrected chi connectivity index (χ0v) is 12.3. The van der Waals surface area contributed by atoms with Crippen LogP contribution in [0.2, 0.25) is 0 Å². The minimum Gasteiger partial charge on any atom is -0.507 e. The van der Waals surface area contributed by atoms with Crippen molar-refractivity contribution in [3.05, 3.63) is 65.4 Å². The number of para-hydroxylation sites is 1. The van der Waals surface area contributed by atoms with Crippen molar-refractivity contribution in [2.24, 2.45) is 5.92 Å². The van der Waals surface area contributed by atoms with E-state index >= 15 is 0 Å². The van der Waals surface area contributed by atoms with E-state index in [-0.39, 0.29) is 23.1 Å². The minimum atomic E-state index is -0.376. The van der Waals surface area contributed by atoms with Crippen molar-refractivity contribution >= 4 is 5.91 Å². The van der Waals surface area contributed by atoms with E-state index in [0.717, 1.165) is 23.3 Å². The number of hydrogen-bond donors (Lipinski definition) is 3. The SMILES string of the molecule is C=C(C)C1C=C(NNC(=O)c2ccccc2O)C(C)=CC1. The van der Waals surface area contributed by atoms with Gasteiger partial charge in [-0.25, -0.2) is 0 Å². The van der Waals surface area contributed by atoms with Gasteiger partial charge in [0.1, 0.15) is 5.75 Å². The van der Waals surface area contributed by atoms with Gasteiger partial charge in [-0.05, 0) is 38.0 Å². The summed E-state index contributed by atoms with van der Waals surface area (Å²) in [4.78, 5) is 12.0. The number of rotatable bonds is 4. The van der Waals surface area contributed by atoms with Crippen molar-refractivity contribution in [2.75, 3.05) is 0 Å². The van der Waals surface area contributed by atoms with E-state index in [1.54, 1.807) is 18.2 Å². The molecule has 0 bridgehead atoms. The second kappa shape index (κ2) is 6.31. The van der Waals surface area contributed by atoms with Crippen molar-refractivity contribution in [2.45, 2.75) is 20.3 Å². The lowest BCUT2D eigenvalue weighted by atomic mass is 9.90. The van der Waals surface area contributed by atoms with E-state index in [9.17, 15) is 9.90 Å². The quantitative estimate of drug-likeness (QED) is 0.588. The number of carbonyl (C=O) groups is 1. The molecule has 1 aliphatic rings. The van der Waals surface area contributed by atoms with Crippen LogP contribution in [0.15, 0.2) is 59.8 Å². The molecule has 21 heavy (non-hydrogen) atoms. The Labute approximate surface area is 124 Å². The van der Waals surface area contributed by atoms with E-state index in [2.05, 4.69) is 29.6 Å². The Balaban J connectivity index is 2.05. The minimum absolute atomic E-state index is 0.0403. The lowest BCUT2D eigenvalue weighted by Gasteiger charge is -2.21. The zero-order valence-electron chi connectivity index (χ0n) is 12.3. The lowest BCUT2D eigenvalue weighted by molar-refractivity contribution is 0.0936. The molecule has 4 heteroatoms. The smallest absolute Gasteiger partial charge is 0.273 e. The maximum atomic E-state index is 12.0. The third-order valence-electron chi connectivity index (χ3n) is 3.56. The van der Waals surface area contributed by atoms with Crippen LogP contribution in [0.1, 0.15) is 30.6 Å². The molecule has 110 valence electrons. The number of aromatic hydroxyl groups is 1. The average molecular weight is 284 g/mol. The Kier molecular flexibility index (Phi) is 4.48. The molecule has 1 aliphatic carbocycles. The fraction of sp³-hybridized carbons (Fsp3) is 0.235. The summed E-state index contributed by atoms with van der Waals surface area (Å²) in [6.45, 7) is 7.95. The van der Waals surface area contributed by atoms with Crippen LogP contribution < -0.4 is 10.9 Å². The van der Waals surface area contributed by atoms with Crippen LogP contribution in [0.3, 0.4) is 0 Å². The summed E-state index contributed by atoms with van der Waals surface area (Å²) in [6.07, 6.45) is 5.11. The maximum Gasteiger partial charge on any atom is 0.273 e. The van der Waals surface area contributed by atoms with E-state index in [1.165, 1.54) is 6.07 Å². The first-order chi connectivity index (χ1) is 9.99. The summed E-state index contributed by atoms with van der Waals surface area (Å²) in [5, 5.41) is 9.66. The molecule has 0 aromatic heterocycles. The van der Waals surface area contributed by atoms with Crippen LogP contribution in [0, 0.1) is 5.92 Å². The highest BCUT2D eigenvalue weighted by molar-refractivity contribution is 5.96. The van der Waals surface area contributed by atoms with Crippen LogP contribution in [0.5, 0.6) is 5.75 Å². The molecule has 0 aliphatic heterocycles. The normalized spacial score (nSPS) is 17.5. The molecule has 1 aromatic rings. The van der Waals surface area contributed by atoms with Crippen LogP contribution >= 0.6 is 0 Å². The Hall–Kier alpha value is -2.49. The van der Waals surface area contributed by atoms with Crippen molar-refractivity contribution in [1.29, 1.82) is 0 Å². The number of allylic oxidation sites excluding steroid dienone is 4. The first kappa shape index (κ1) is 14.9. The molecule has 1 aromatic carbocycles. The van der Waals surface area contributed by atoms with Gasteiger partial charge in [-0.2, -0.15) is 0 Å². The lowest BCUT2D eigenvalue weighted by Crippen LogP contribution is -2.37. The van der Waals surface area contributed by atoms with Crippen molar-refractivity contribution in [1.82, 2.24) is 10.9 Å². The highest BCUT2D eigenvalue weighted by Crippen LogP contribution is 2.25. The molecule has 3 N–H and O–H groups in total. The van der Waals surface area contributed by atoms with E-state index in [4.69, 9.17) is 0 Å². The zero-order chi connectivity index (χ0) is 15.4. The number of phenols is 1. The number of carbonyl (C=O) groups excluding carboxylic acids is 1. The molecule has 0 spiro atoms. The van der Waals surface area contributed by atoms with Gasteiger partial charge in [0.25, 0.3) is 5.91 Å². The Bertz CT molecular complexity index is 629.